The van der Waals surface area contributed by atoms with Crippen LogP contribution < -0.4 is 0 Å². The molecule has 1 atom stereocenters. The summed E-state index contributed by atoms with van der Waals surface area (Å²) in [6, 6.07) is 17.6. The first kappa shape index (κ1) is 18.7. The quantitative estimate of drug-likeness (QED) is 0.866. The van der Waals surface area contributed by atoms with Gasteiger partial charge in [-0.05, 0) is 49.8 Å². The zero-order chi connectivity index (χ0) is 18.9. The summed E-state index contributed by atoms with van der Waals surface area (Å²) in [5.41, 5.74) is 4.54. The first-order chi connectivity index (χ1) is 12.9. The fourth-order valence-corrected chi connectivity index (χ4v) is 4.65. The molecule has 1 unspecified atom stereocenters. The van der Waals surface area contributed by atoms with Gasteiger partial charge in [0.15, 0.2) is 0 Å². The molecule has 4 rings (SSSR count). The molecule has 2 aromatic carbocycles. The third-order valence-corrected chi connectivity index (χ3v) is 6.23. The third kappa shape index (κ3) is 4.43. The van der Waals surface area contributed by atoms with Gasteiger partial charge in [0.1, 0.15) is 0 Å². The number of likely N-dealkylation sites (tertiary alicyclic amines) is 1. The molecule has 27 heavy (non-hydrogen) atoms. The molecule has 2 heterocycles. The number of benzene rings is 2. The van der Waals surface area contributed by atoms with Gasteiger partial charge in [-0.3, -0.25) is 4.90 Å². The Labute approximate surface area is 163 Å². The lowest BCUT2D eigenvalue weighted by Crippen LogP contribution is -2.53. The smallest absolute Gasteiger partial charge is 0.0734 e. The van der Waals surface area contributed by atoms with Crippen LogP contribution in [0.3, 0.4) is 0 Å². The largest absolute Gasteiger partial charge is 0.390 e. The number of hydrogen-bond donors (Lipinski definition) is 1. The van der Waals surface area contributed by atoms with Gasteiger partial charge in [0.05, 0.1) is 17.8 Å². The van der Waals surface area contributed by atoms with E-state index in [9.17, 15) is 5.11 Å². The average molecular weight is 366 g/mol. The highest BCUT2D eigenvalue weighted by molar-refractivity contribution is 5.64. The molecule has 0 radical (unpaired) electrons. The summed E-state index contributed by atoms with van der Waals surface area (Å²) >= 11 is 0. The van der Waals surface area contributed by atoms with Gasteiger partial charge in [0, 0.05) is 26.1 Å². The minimum absolute atomic E-state index is 0.104. The number of nitrogens with zero attached hydrogens (tertiary/aromatic N) is 1. The lowest BCUT2D eigenvalue weighted by Gasteiger charge is -2.48. The number of ether oxygens (including phenoxy) is 1. The van der Waals surface area contributed by atoms with Crippen LogP contribution in [0.5, 0.6) is 0 Å². The normalized spacial score (nSPS) is 25.6. The van der Waals surface area contributed by atoms with Gasteiger partial charge in [-0.2, -0.15) is 0 Å². The van der Waals surface area contributed by atoms with Crippen molar-refractivity contribution in [3.8, 4) is 11.1 Å². The molecule has 1 spiro atoms. The average Bonchev–Trinajstić information content (AvgIpc) is 2.64. The van der Waals surface area contributed by atoms with Crippen molar-refractivity contribution in [1.82, 2.24) is 4.90 Å². The zero-order valence-corrected chi connectivity index (χ0v) is 16.6. The molecule has 0 aromatic heterocycles. The zero-order valence-electron chi connectivity index (χ0n) is 16.6. The van der Waals surface area contributed by atoms with E-state index in [1.807, 2.05) is 6.92 Å². The predicted octanol–water partition coefficient (Wildman–Crippen LogP) is 4.56. The third-order valence-electron chi connectivity index (χ3n) is 6.23. The van der Waals surface area contributed by atoms with Crippen LogP contribution in [0, 0.1) is 6.92 Å². The Morgan fingerprint density at radius 2 is 1.74 bits per heavy atom. The van der Waals surface area contributed by atoms with Gasteiger partial charge in [0.25, 0.3) is 0 Å². The monoisotopic (exact) mass is 365 g/mol. The van der Waals surface area contributed by atoms with Crippen molar-refractivity contribution in [3.05, 3.63) is 59.7 Å². The second-order valence-electron chi connectivity index (χ2n) is 8.80. The van der Waals surface area contributed by atoms with E-state index < -0.39 is 5.60 Å². The van der Waals surface area contributed by atoms with Gasteiger partial charge in [0.2, 0.25) is 0 Å². The van der Waals surface area contributed by atoms with E-state index in [1.165, 1.54) is 22.3 Å². The Kier molecular flexibility index (Phi) is 5.11. The summed E-state index contributed by atoms with van der Waals surface area (Å²) in [6.07, 6.45) is 3.57. The minimum atomic E-state index is -0.563. The SMILES string of the molecule is Cc1cccc(-c2ccc(CN3CCC4(CC3)CC(C)(O)CCO4)cc2)c1. The Bertz CT molecular complexity index is 773. The van der Waals surface area contributed by atoms with Gasteiger partial charge in [-0.1, -0.05) is 54.1 Å². The van der Waals surface area contributed by atoms with Crippen molar-refractivity contribution in [1.29, 1.82) is 0 Å². The molecule has 144 valence electrons. The van der Waals surface area contributed by atoms with Crippen molar-refractivity contribution in [2.24, 2.45) is 0 Å². The van der Waals surface area contributed by atoms with Crippen LogP contribution in [0.15, 0.2) is 48.5 Å². The first-order valence-corrected chi connectivity index (χ1v) is 10.2. The van der Waals surface area contributed by atoms with E-state index in [4.69, 9.17) is 4.74 Å². The molecule has 3 heteroatoms. The molecule has 0 amide bonds. The Morgan fingerprint density at radius 3 is 2.41 bits per heavy atom. The molecule has 1 N–H and O–H groups in total. The van der Waals surface area contributed by atoms with Gasteiger partial charge < -0.3 is 9.84 Å². The van der Waals surface area contributed by atoms with E-state index in [2.05, 4.69) is 60.4 Å². The van der Waals surface area contributed by atoms with Crippen LogP contribution in [0.25, 0.3) is 11.1 Å². The van der Waals surface area contributed by atoms with Crippen molar-refractivity contribution in [2.75, 3.05) is 19.7 Å². The Balaban J connectivity index is 1.35. The van der Waals surface area contributed by atoms with E-state index in [0.29, 0.717) is 6.61 Å². The molecule has 2 fully saturated rings. The molecule has 2 saturated heterocycles. The molecule has 2 aromatic rings. The van der Waals surface area contributed by atoms with Crippen LogP contribution in [-0.4, -0.2) is 40.9 Å². The number of aliphatic hydroxyl groups is 1. The highest BCUT2D eigenvalue weighted by Crippen LogP contribution is 2.39. The van der Waals surface area contributed by atoms with Crippen LogP contribution in [0.1, 0.15) is 43.7 Å². The van der Waals surface area contributed by atoms with Gasteiger partial charge in [-0.25, -0.2) is 0 Å². The highest BCUT2D eigenvalue weighted by atomic mass is 16.5. The number of rotatable bonds is 3. The summed E-state index contributed by atoms with van der Waals surface area (Å²) < 4.78 is 6.13. The number of aryl methyl sites for hydroxylation is 1. The molecule has 2 aliphatic rings. The lowest BCUT2D eigenvalue weighted by atomic mass is 9.78. The molecule has 3 nitrogen and oxygen atoms in total. The van der Waals surface area contributed by atoms with E-state index >= 15 is 0 Å². The highest BCUT2D eigenvalue weighted by Gasteiger charge is 2.44. The second-order valence-corrected chi connectivity index (χ2v) is 8.80. The molecular formula is C24H31NO2. The molecule has 0 bridgehead atoms. The topological polar surface area (TPSA) is 32.7 Å². The molecular weight excluding hydrogens is 334 g/mol. The van der Waals surface area contributed by atoms with E-state index in [0.717, 1.165) is 45.3 Å². The minimum Gasteiger partial charge on any atom is -0.390 e. The van der Waals surface area contributed by atoms with Gasteiger partial charge in [-0.15, -0.1) is 0 Å². The van der Waals surface area contributed by atoms with Crippen molar-refractivity contribution in [2.45, 2.75) is 57.3 Å². The maximum atomic E-state index is 10.4. The lowest BCUT2D eigenvalue weighted by molar-refractivity contribution is -0.173. The fourth-order valence-electron chi connectivity index (χ4n) is 4.65. The Morgan fingerprint density at radius 1 is 1.00 bits per heavy atom. The summed E-state index contributed by atoms with van der Waals surface area (Å²) in [5, 5.41) is 10.4. The summed E-state index contributed by atoms with van der Waals surface area (Å²) in [6.45, 7) is 7.84. The van der Waals surface area contributed by atoms with Crippen molar-refractivity contribution < 1.29 is 9.84 Å². The Hall–Kier alpha value is -1.68. The summed E-state index contributed by atoms with van der Waals surface area (Å²) in [5.74, 6) is 0. The van der Waals surface area contributed by atoms with Crippen molar-refractivity contribution in [3.63, 3.8) is 0 Å². The molecule has 0 saturated carbocycles. The summed E-state index contributed by atoms with van der Waals surface area (Å²) in [7, 11) is 0. The number of piperidine rings is 1. The van der Waals surface area contributed by atoms with Crippen molar-refractivity contribution >= 4 is 0 Å². The maximum Gasteiger partial charge on any atom is 0.0734 e. The van der Waals surface area contributed by atoms with Crippen LogP contribution in [0.4, 0.5) is 0 Å². The second kappa shape index (κ2) is 7.38. The summed E-state index contributed by atoms with van der Waals surface area (Å²) in [4.78, 5) is 2.51. The van der Waals surface area contributed by atoms with E-state index in [-0.39, 0.29) is 5.60 Å². The molecule has 0 aliphatic carbocycles. The molecule has 2 aliphatic heterocycles. The van der Waals surface area contributed by atoms with E-state index in [1.54, 1.807) is 0 Å². The van der Waals surface area contributed by atoms with Gasteiger partial charge >= 0.3 is 0 Å². The first-order valence-electron chi connectivity index (χ1n) is 10.2. The number of hydrogen-bond acceptors (Lipinski definition) is 3. The van der Waals surface area contributed by atoms with Crippen LogP contribution >= 0.6 is 0 Å². The standard InChI is InChI=1S/C24H31NO2/c1-19-4-3-5-22(16-19)21-8-6-20(7-9-21)17-25-13-10-24(11-14-25)18-23(2,26)12-15-27-24/h3-9,16,26H,10-15,17-18H2,1-2H3. The van der Waals surface area contributed by atoms with Crippen LogP contribution in [0.2, 0.25) is 0 Å². The van der Waals surface area contributed by atoms with Crippen LogP contribution in [-0.2, 0) is 11.3 Å². The predicted molar refractivity (Wildman–Crippen MR) is 110 cm³/mol. The maximum absolute atomic E-state index is 10.4. The fraction of sp³-hybridized carbons (Fsp3) is 0.500.